The first-order valence-electron chi connectivity index (χ1n) is 8.32. The van der Waals surface area contributed by atoms with Gasteiger partial charge in [0.05, 0.1) is 10.6 Å². The Balaban J connectivity index is 1.91. The van der Waals surface area contributed by atoms with Gasteiger partial charge in [0.15, 0.2) is 10.4 Å². The van der Waals surface area contributed by atoms with Crippen LogP contribution in [0, 0.1) is 0 Å². The molecule has 0 radical (unpaired) electrons. The molecule has 27 heavy (non-hydrogen) atoms. The molecule has 1 fully saturated rings. The van der Waals surface area contributed by atoms with Crippen LogP contribution in [0.5, 0.6) is 5.75 Å². The fourth-order valence-corrected chi connectivity index (χ4v) is 3.87. The molecule has 1 aliphatic rings. The number of hydrogen-bond acceptors (Lipinski definition) is 5. The molecule has 1 aliphatic heterocycles. The maximum Gasteiger partial charge on any atom is 0.344 e. The zero-order valence-corrected chi connectivity index (χ0v) is 16.1. The van der Waals surface area contributed by atoms with Gasteiger partial charge in [-0.3, -0.25) is 9.69 Å². The monoisotopic (exact) mass is 399 g/mol. The molecule has 7 heteroatoms. The molecule has 1 atom stereocenters. The van der Waals surface area contributed by atoms with Gasteiger partial charge in [-0.05, 0) is 30.7 Å². The molecule has 5 nitrogen and oxygen atoms in total. The van der Waals surface area contributed by atoms with Crippen molar-refractivity contribution in [3.63, 3.8) is 0 Å². The lowest BCUT2D eigenvalue weighted by Crippen LogP contribution is -2.27. The fourth-order valence-electron chi connectivity index (χ4n) is 2.58. The number of ether oxygens (including phenoxy) is 1. The minimum absolute atomic E-state index is 0.212. The van der Waals surface area contributed by atoms with Gasteiger partial charge in [0.1, 0.15) is 5.75 Å². The van der Waals surface area contributed by atoms with E-state index in [2.05, 4.69) is 0 Å². The van der Waals surface area contributed by atoms with E-state index in [0.29, 0.717) is 32.6 Å². The number of carboxylic acids is 1. The van der Waals surface area contributed by atoms with Crippen molar-refractivity contribution in [2.75, 3.05) is 4.90 Å². The van der Waals surface area contributed by atoms with E-state index in [1.807, 2.05) is 30.3 Å². The Morgan fingerprint density at radius 1 is 1.22 bits per heavy atom. The molecule has 1 N–H and O–H groups in total. The summed E-state index contributed by atoms with van der Waals surface area (Å²) in [6, 6.07) is 16.2. The van der Waals surface area contributed by atoms with E-state index < -0.39 is 12.1 Å². The van der Waals surface area contributed by atoms with Crippen molar-refractivity contribution in [1.82, 2.24) is 0 Å². The number of carbonyl (C=O) groups excluding carboxylic acids is 1. The summed E-state index contributed by atoms with van der Waals surface area (Å²) in [5.41, 5.74) is 1.34. The van der Waals surface area contributed by atoms with Crippen LogP contribution in [0.2, 0.25) is 0 Å². The average Bonchev–Trinajstić information content (AvgIpc) is 2.94. The number of nitrogens with zero attached hydrogens (tertiary/aromatic N) is 1. The minimum atomic E-state index is -1.03. The zero-order chi connectivity index (χ0) is 19.4. The summed E-state index contributed by atoms with van der Waals surface area (Å²) < 4.78 is 6.08. The van der Waals surface area contributed by atoms with Gasteiger partial charge in [0, 0.05) is 5.56 Å². The molecule has 1 saturated heterocycles. The van der Waals surface area contributed by atoms with E-state index >= 15 is 0 Å². The van der Waals surface area contributed by atoms with Crippen LogP contribution in [-0.2, 0) is 9.59 Å². The summed E-state index contributed by atoms with van der Waals surface area (Å²) in [6.45, 7) is 1.74. The number of carboxylic acid groups (broad SMARTS) is 1. The third-order valence-corrected chi connectivity index (χ3v) is 5.23. The third-order valence-electron chi connectivity index (χ3n) is 3.93. The summed E-state index contributed by atoms with van der Waals surface area (Å²) in [4.78, 5) is 26.0. The van der Waals surface area contributed by atoms with E-state index in [-0.39, 0.29) is 5.91 Å². The van der Waals surface area contributed by atoms with Crippen molar-refractivity contribution >= 4 is 51.9 Å². The van der Waals surface area contributed by atoms with Crippen molar-refractivity contribution < 1.29 is 19.4 Å². The van der Waals surface area contributed by atoms with E-state index in [0.717, 1.165) is 0 Å². The van der Waals surface area contributed by atoms with E-state index in [4.69, 9.17) is 17.0 Å². The van der Waals surface area contributed by atoms with E-state index in [1.54, 1.807) is 37.3 Å². The number of aliphatic carboxylic acids is 1. The van der Waals surface area contributed by atoms with Crippen molar-refractivity contribution in [3.8, 4) is 5.75 Å². The normalized spacial score (nSPS) is 16.6. The van der Waals surface area contributed by atoms with Crippen LogP contribution in [0.15, 0.2) is 59.5 Å². The molecule has 0 saturated carbocycles. The number of amides is 1. The highest BCUT2D eigenvalue weighted by atomic mass is 32.2. The number of benzene rings is 2. The molecule has 138 valence electrons. The Bertz CT molecular complexity index is 911. The molecule has 2 aromatic carbocycles. The Labute approximate surface area is 166 Å². The lowest BCUT2D eigenvalue weighted by Gasteiger charge is -2.15. The smallest absolute Gasteiger partial charge is 0.344 e. The van der Waals surface area contributed by atoms with Crippen LogP contribution in [0.4, 0.5) is 5.69 Å². The number of thiocarbonyl (C=S) groups is 1. The molecule has 0 aromatic heterocycles. The number of carbonyl (C=O) groups is 2. The van der Waals surface area contributed by atoms with Crippen LogP contribution < -0.4 is 9.64 Å². The summed E-state index contributed by atoms with van der Waals surface area (Å²) in [6.07, 6.45) is 1.07. The summed E-state index contributed by atoms with van der Waals surface area (Å²) in [7, 11) is 0. The lowest BCUT2D eigenvalue weighted by molar-refractivity contribution is -0.145. The van der Waals surface area contributed by atoms with Crippen molar-refractivity contribution in [2.45, 2.75) is 19.4 Å². The molecule has 1 unspecified atom stereocenters. The first-order chi connectivity index (χ1) is 13.0. The quantitative estimate of drug-likeness (QED) is 0.576. The van der Waals surface area contributed by atoms with Crippen LogP contribution in [-0.4, -0.2) is 27.4 Å². The highest BCUT2D eigenvalue weighted by Gasteiger charge is 2.33. The zero-order valence-electron chi connectivity index (χ0n) is 14.5. The van der Waals surface area contributed by atoms with Gasteiger partial charge >= 0.3 is 5.97 Å². The molecule has 1 amide bonds. The first-order valence-corrected chi connectivity index (χ1v) is 9.55. The molecule has 1 heterocycles. The van der Waals surface area contributed by atoms with Gasteiger partial charge in [-0.1, -0.05) is 67.3 Å². The largest absolute Gasteiger partial charge is 0.479 e. The van der Waals surface area contributed by atoms with Crippen LogP contribution in [0.3, 0.4) is 0 Å². The van der Waals surface area contributed by atoms with Crippen LogP contribution in [0.25, 0.3) is 6.08 Å². The van der Waals surface area contributed by atoms with Gasteiger partial charge < -0.3 is 9.84 Å². The number of anilines is 1. The summed E-state index contributed by atoms with van der Waals surface area (Å²) in [5.74, 6) is -0.823. The molecule has 2 aromatic rings. The van der Waals surface area contributed by atoms with Crippen LogP contribution in [0.1, 0.15) is 18.9 Å². The van der Waals surface area contributed by atoms with Gasteiger partial charge in [-0.15, -0.1) is 0 Å². The molecule has 3 rings (SSSR count). The van der Waals surface area contributed by atoms with E-state index in [1.165, 1.54) is 16.7 Å². The Kier molecular flexibility index (Phi) is 5.93. The Hall–Kier alpha value is -2.64. The highest BCUT2D eigenvalue weighted by molar-refractivity contribution is 8.27. The molecular weight excluding hydrogens is 382 g/mol. The van der Waals surface area contributed by atoms with Gasteiger partial charge in [-0.25, -0.2) is 4.79 Å². The van der Waals surface area contributed by atoms with Gasteiger partial charge in [0.25, 0.3) is 5.91 Å². The van der Waals surface area contributed by atoms with Crippen LogP contribution >= 0.6 is 24.0 Å². The van der Waals surface area contributed by atoms with E-state index in [9.17, 15) is 14.7 Å². The van der Waals surface area contributed by atoms with Gasteiger partial charge in [-0.2, -0.15) is 0 Å². The van der Waals surface area contributed by atoms with Crippen molar-refractivity contribution in [1.29, 1.82) is 0 Å². The standard InChI is InChI=1S/C20H17NO4S2/c1-2-15(19(23)24)25-16-11-7-6-8-13(16)12-17-18(22)21(20(26)27-17)14-9-4-3-5-10-14/h3-12,15H,2H2,1H3,(H,23,24)/b17-12+. The van der Waals surface area contributed by atoms with Gasteiger partial charge in [0.2, 0.25) is 0 Å². The van der Waals surface area contributed by atoms with Crippen molar-refractivity contribution in [3.05, 3.63) is 65.1 Å². The first kappa shape index (κ1) is 19.1. The molecule has 0 aliphatic carbocycles. The molecule has 0 spiro atoms. The predicted octanol–water partition coefficient (Wildman–Crippen LogP) is 4.33. The summed E-state index contributed by atoms with van der Waals surface area (Å²) >= 11 is 6.58. The summed E-state index contributed by atoms with van der Waals surface area (Å²) in [5, 5.41) is 9.22. The number of thioether (sulfide) groups is 1. The second-order valence-corrected chi connectivity index (χ2v) is 7.42. The highest BCUT2D eigenvalue weighted by Crippen LogP contribution is 2.37. The SMILES string of the molecule is CCC(Oc1ccccc1/C=C1/SC(=S)N(c2ccccc2)C1=O)C(=O)O. The minimum Gasteiger partial charge on any atom is -0.479 e. The Morgan fingerprint density at radius 3 is 2.56 bits per heavy atom. The maximum absolute atomic E-state index is 12.8. The fraction of sp³-hybridized carbons (Fsp3) is 0.150. The number of rotatable bonds is 6. The number of para-hydroxylation sites is 2. The average molecular weight is 399 g/mol. The third kappa shape index (κ3) is 4.20. The molecular formula is C20H17NO4S2. The van der Waals surface area contributed by atoms with Crippen molar-refractivity contribution in [2.24, 2.45) is 0 Å². The topological polar surface area (TPSA) is 66.8 Å². The number of hydrogen-bond donors (Lipinski definition) is 1. The maximum atomic E-state index is 12.8. The second-order valence-electron chi connectivity index (χ2n) is 5.74. The second kappa shape index (κ2) is 8.37. The lowest BCUT2D eigenvalue weighted by atomic mass is 10.1. The predicted molar refractivity (Wildman–Crippen MR) is 111 cm³/mol. The Morgan fingerprint density at radius 2 is 1.89 bits per heavy atom. The molecule has 0 bridgehead atoms.